The summed E-state index contributed by atoms with van der Waals surface area (Å²) >= 11 is 0. The number of carbonyl (C=O) groups is 3. The molecule has 4 unspecified atom stereocenters. The van der Waals surface area contributed by atoms with Crippen LogP contribution in [0.3, 0.4) is 0 Å². The summed E-state index contributed by atoms with van der Waals surface area (Å²) < 4.78 is 0. The number of rotatable bonds is 4. The van der Waals surface area contributed by atoms with E-state index in [1.807, 2.05) is 60.7 Å². The molecule has 3 aromatic rings. The van der Waals surface area contributed by atoms with Crippen molar-refractivity contribution in [3.63, 3.8) is 0 Å². The molecule has 0 spiro atoms. The summed E-state index contributed by atoms with van der Waals surface area (Å²) in [6, 6.07) is 23.3. The number of amides is 2. The minimum Gasteiger partial charge on any atom is -0.298 e. The van der Waals surface area contributed by atoms with Crippen LogP contribution in [0.25, 0.3) is 11.1 Å². The van der Waals surface area contributed by atoms with Crippen LogP contribution in [0.1, 0.15) is 30.5 Å². The first-order chi connectivity index (χ1) is 17.6. The predicted octanol–water partition coefficient (Wildman–Crippen LogP) is 5.23. The Hall–Kier alpha value is -4.39. The van der Waals surface area contributed by atoms with Crippen LogP contribution in [0.5, 0.6) is 0 Å². The fraction of sp³-hybridized carbons (Fsp3) is 0.233. The number of nitro benzene ring substituents is 1. The topological polar surface area (TPSA) is 97.6 Å². The maximum absolute atomic E-state index is 14.3. The van der Waals surface area contributed by atoms with Crippen LogP contribution in [-0.2, 0) is 14.4 Å². The SMILES string of the molecule is Cc1cc([N+](=O)[O-])ccc1N1C(=O)C2C(C1=O)C1(C)C(=O)C2(C)C(c2ccccc2)=C1c1ccccc1. The second kappa shape index (κ2) is 7.56. The van der Waals surface area contributed by atoms with Crippen molar-refractivity contribution in [2.45, 2.75) is 20.8 Å². The first-order valence-corrected chi connectivity index (χ1v) is 12.2. The molecule has 1 saturated heterocycles. The maximum atomic E-state index is 14.3. The van der Waals surface area contributed by atoms with E-state index in [2.05, 4.69) is 0 Å². The van der Waals surface area contributed by atoms with E-state index < -0.39 is 39.4 Å². The molecule has 0 radical (unpaired) electrons. The number of hydrogen-bond donors (Lipinski definition) is 0. The number of ketones is 1. The Labute approximate surface area is 213 Å². The largest absolute Gasteiger partial charge is 0.298 e. The van der Waals surface area contributed by atoms with Crippen LogP contribution in [-0.4, -0.2) is 22.5 Å². The number of hydrogen-bond acceptors (Lipinski definition) is 5. The van der Waals surface area contributed by atoms with Crippen LogP contribution in [0.2, 0.25) is 0 Å². The fourth-order valence-corrected chi connectivity index (χ4v) is 7.05. The van der Waals surface area contributed by atoms with Crippen LogP contribution in [0, 0.1) is 39.7 Å². The van der Waals surface area contributed by atoms with Crippen molar-refractivity contribution in [2.24, 2.45) is 22.7 Å². The van der Waals surface area contributed by atoms with Gasteiger partial charge >= 0.3 is 0 Å². The highest BCUT2D eigenvalue weighted by molar-refractivity contribution is 6.34. The first-order valence-electron chi connectivity index (χ1n) is 12.2. The Bertz CT molecular complexity index is 1480. The molecule has 0 aromatic heterocycles. The van der Waals surface area contributed by atoms with Crippen LogP contribution < -0.4 is 4.90 Å². The van der Waals surface area contributed by atoms with Gasteiger partial charge in [0.05, 0.1) is 33.3 Å². The van der Waals surface area contributed by atoms with Gasteiger partial charge in [-0.2, -0.15) is 0 Å². The molecule has 6 rings (SSSR count). The van der Waals surface area contributed by atoms with Gasteiger partial charge in [0.25, 0.3) is 5.69 Å². The summed E-state index contributed by atoms with van der Waals surface area (Å²) in [6.45, 7) is 5.24. The van der Waals surface area contributed by atoms with Gasteiger partial charge in [0.15, 0.2) is 5.78 Å². The van der Waals surface area contributed by atoms with Crippen molar-refractivity contribution in [2.75, 3.05) is 4.90 Å². The van der Waals surface area contributed by atoms with E-state index in [4.69, 9.17) is 0 Å². The Morgan fingerprint density at radius 1 is 0.757 bits per heavy atom. The van der Waals surface area contributed by atoms with Crippen molar-refractivity contribution in [1.29, 1.82) is 0 Å². The summed E-state index contributed by atoms with van der Waals surface area (Å²) in [5, 5.41) is 11.2. The highest BCUT2D eigenvalue weighted by atomic mass is 16.6. The second-order valence-corrected chi connectivity index (χ2v) is 10.4. The number of non-ortho nitro benzene ring substituents is 1. The number of nitro groups is 1. The molecule has 3 aromatic carbocycles. The van der Waals surface area contributed by atoms with E-state index in [-0.39, 0.29) is 11.5 Å². The molecule has 7 heteroatoms. The maximum Gasteiger partial charge on any atom is 0.269 e. The van der Waals surface area contributed by atoms with Gasteiger partial charge in [0.1, 0.15) is 0 Å². The van der Waals surface area contributed by atoms with E-state index >= 15 is 0 Å². The summed E-state index contributed by atoms with van der Waals surface area (Å²) in [4.78, 5) is 54.3. The summed E-state index contributed by atoms with van der Waals surface area (Å²) in [5.74, 6) is -2.72. The van der Waals surface area contributed by atoms with Gasteiger partial charge in [-0.25, -0.2) is 4.90 Å². The smallest absolute Gasteiger partial charge is 0.269 e. The molecule has 1 saturated carbocycles. The molecule has 2 fully saturated rings. The van der Waals surface area contributed by atoms with Gasteiger partial charge in [-0.05, 0) is 54.7 Å². The second-order valence-electron chi connectivity index (χ2n) is 10.4. The number of allylic oxidation sites excluding steroid dienone is 2. The number of fused-ring (bicyclic) bond motifs is 5. The van der Waals surface area contributed by atoms with Crippen molar-refractivity contribution in [3.8, 4) is 0 Å². The molecule has 2 amide bonds. The number of imide groups is 1. The lowest BCUT2D eigenvalue weighted by Crippen LogP contribution is -2.40. The Morgan fingerprint density at radius 3 is 1.62 bits per heavy atom. The van der Waals surface area contributed by atoms with Crippen molar-refractivity contribution < 1.29 is 19.3 Å². The number of anilines is 1. The van der Waals surface area contributed by atoms with Crippen molar-refractivity contribution >= 4 is 40.1 Å². The molecule has 3 aliphatic rings. The minimum atomic E-state index is -1.21. The lowest BCUT2D eigenvalue weighted by molar-refractivity contribution is -0.384. The average molecular weight is 493 g/mol. The third-order valence-electron chi connectivity index (χ3n) is 8.54. The Morgan fingerprint density at radius 2 is 1.22 bits per heavy atom. The lowest BCUT2D eigenvalue weighted by atomic mass is 9.63. The molecule has 7 nitrogen and oxygen atoms in total. The molecule has 2 aliphatic carbocycles. The first kappa shape index (κ1) is 23.0. The van der Waals surface area contributed by atoms with E-state index in [0.29, 0.717) is 11.3 Å². The lowest BCUT2D eigenvalue weighted by Gasteiger charge is -2.35. The molecule has 184 valence electrons. The van der Waals surface area contributed by atoms with Crippen LogP contribution >= 0.6 is 0 Å². The molecular weight excluding hydrogens is 468 g/mol. The van der Waals surface area contributed by atoms with Crippen molar-refractivity contribution in [3.05, 3.63) is 106 Å². The van der Waals surface area contributed by atoms with Gasteiger partial charge < -0.3 is 0 Å². The molecule has 37 heavy (non-hydrogen) atoms. The number of Topliss-reactive ketones (excluding diaryl/α,β-unsaturated/α-hetero) is 1. The highest BCUT2D eigenvalue weighted by Gasteiger charge is 2.79. The molecule has 1 heterocycles. The number of aryl methyl sites for hydroxylation is 1. The molecule has 1 aliphatic heterocycles. The summed E-state index contributed by atoms with van der Waals surface area (Å²) in [6.07, 6.45) is 0. The zero-order valence-corrected chi connectivity index (χ0v) is 20.6. The van der Waals surface area contributed by atoms with Crippen LogP contribution in [0.15, 0.2) is 78.9 Å². The number of carbonyl (C=O) groups excluding carboxylic acids is 3. The minimum absolute atomic E-state index is 0.116. The monoisotopic (exact) mass is 492 g/mol. The van der Waals surface area contributed by atoms with Crippen LogP contribution in [0.4, 0.5) is 11.4 Å². The summed E-state index contributed by atoms with van der Waals surface area (Å²) in [7, 11) is 0. The standard InChI is InChI=1S/C30H24N2O5/c1-17-16-20(32(36)37)14-15-21(17)31-26(33)24-25(27(31)34)30(3)23(19-12-8-5-9-13-19)22(29(24,2)28(30)35)18-10-6-4-7-11-18/h4-16,24-25H,1-3H3. The third kappa shape index (κ3) is 2.74. The Kier molecular flexibility index (Phi) is 4.70. The summed E-state index contributed by atoms with van der Waals surface area (Å²) in [5.41, 5.74) is 1.52. The zero-order chi connectivity index (χ0) is 26.3. The number of benzene rings is 3. The molecule has 0 N–H and O–H groups in total. The van der Waals surface area contributed by atoms with Gasteiger partial charge in [0, 0.05) is 12.1 Å². The van der Waals surface area contributed by atoms with Gasteiger partial charge in [0.2, 0.25) is 11.8 Å². The normalized spacial score (nSPS) is 28.3. The van der Waals surface area contributed by atoms with Gasteiger partial charge in [-0.3, -0.25) is 24.5 Å². The number of nitrogens with zero attached hydrogens (tertiary/aromatic N) is 2. The quantitative estimate of drug-likeness (QED) is 0.282. The predicted molar refractivity (Wildman–Crippen MR) is 138 cm³/mol. The molecule has 4 atom stereocenters. The zero-order valence-electron chi connectivity index (χ0n) is 20.6. The Balaban J connectivity index is 1.58. The van der Waals surface area contributed by atoms with E-state index in [0.717, 1.165) is 27.2 Å². The highest BCUT2D eigenvalue weighted by Crippen LogP contribution is 2.73. The third-order valence-corrected chi connectivity index (χ3v) is 8.54. The van der Waals surface area contributed by atoms with Gasteiger partial charge in [-0.1, -0.05) is 60.7 Å². The van der Waals surface area contributed by atoms with E-state index in [1.165, 1.54) is 18.2 Å². The molecular formula is C30H24N2O5. The average Bonchev–Trinajstić information content (AvgIpc) is 3.34. The van der Waals surface area contributed by atoms with E-state index in [1.54, 1.807) is 20.8 Å². The molecule has 2 bridgehead atoms. The fourth-order valence-electron chi connectivity index (χ4n) is 7.05. The van der Waals surface area contributed by atoms with E-state index in [9.17, 15) is 24.5 Å². The van der Waals surface area contributed by atoms with Crippen molar-refractivity contribution in [1.82, 2.24) is 0 Å². The van der Waals surface area contributed by atoms with Gasteiger partial charge in [-0.15, -0.1) is 0 Å².